The minimum atomic E-state index is -0.0630. The quantitative estimate of drug-likeness (QED) is 0.867. The summed E-state index contributed by atoms with van der Waals surface area (Å²) in [5.74, 6) is -0.0630. The molecule has 1 amide bonds. The molecule has 2 aromatic rings. The fourth-order valence-electron chi connectivity index (χ4n) is 1.80. The topological polar surface area (TPSA) is 29.1 Å². The van der Waals surface area contributed by atoms with Gasteiger partial charge in [0.05, 0.1) is 0 Å². The lowest BCUT2D eigenvalue weighted by Gasteiger charge is -2.08. The normalized spacial score (nSPS) is 10.1. The summed E-state index contributed by atoms with van der Waals surface area (Å²) < 4.78 is 0. The Morgan fingerprint density at radius 1 is 1.06 bits per heavy atom. The third kappa shape index (κ3) is 2.77. The van der Waals surface area contributed by atoms with Crippen molar-refractivity contribution < 1.29 is 4.79 Å². The lowest BCUT2D eigenvalue weighted by atomic mass is 10.1. The highest BCUT2D eigenvalue weighted by atomic mass is 16.1. The Kier molecular flexibility index (Phi) is 3.78. The van der Waals surface area contributed by atoms with E-state index in [0.717, 1.165) is 17.7 Å². The van der Waals surface area contributed by atoms with E-state index in [0.29, 0.717) is 5.56 Å². The van der Waals surface area contributed by atoms with Gasteiger partial charge in [-0.15, -0.1) is 0 Å². The Balaban J connectivity index is 2.14. The van der Waals surface area contributed by atoms with E-state index < -0.39 is 0 Å². The molecule has 2 aromatic carbocycles. The molecule has 0 saturated carbocycles. The van der Waals surface area contributed by atoms with E-state index in [1.807, 2.05) is 55.5 Å². The van der Waals surface area contributed by atoms with Crippen molar-refractivity contribution in [3.05, 3.63) is 65.2 Å². The molecule has 0 unspecified atom stereocenters. The van der Waals surface area contributed by atoms with E-state index in [9.17, 15) is 4.79 Å². The van der Waals surface area contributed by atoms with Crippen LogP contribution in [-0.2, 0) is 6.42 Å². The molecule has 0 aromatic heterocycles. The van der Waals surface area contributed by atoms with Gasteiger partial charge in [-0.05, 0) is 42.7 Å². The number of aryl methyl sites for hydroxylation is 2. The molecule has 92 valence electrons. The van der Waals surface area contributed by atoms with Crippen molar-refractivity contribution in [2.45, 2.75) is 20.3 Å². The summed E-state index contributed by atoms with van der Waals surface area (Å²) >= 11 is 0. The molecule has 2 rings (SSSR count). The minimum Gasteiger partial charge on any atom is -0.322 e. The second-order valence-electron chi connectivity index (χ2n) is 4.32. The number of nitrogens with one attached hydrogen (secondary N) is 1. The van der Waals surface area contributed by atoms with Crippen LogP contribution in [0.3, 0.4) is 0 Å². The van der Waals surface area contributed by atoms with Crippen molar-refractivity contribution in [2.24, 2.45) is 0 Å². The Hall–Kier alpha value is -2.09. The van der Waals surface area contributed by atoms with Crippen LogP contribution in [0.5, 0.6) is 0 Å². The number of para-hydroxylation sites is 1. The smallest absolute Gasteiger partial charge is 0.255 e. The maximum atomic E-state index is 12.1. The molecular weight excluding hydrogens is 222 g/mol. The summed E-state index contributed by atoms with van der Waals surface area (Å²) in [4.78, 5) is 12.1. The number of benzene rings is 2. The van der Waals surface area contributed by atoms with Gasteiger partial charge in [0.15, 0.2) is 0 Å². The van der Waals surface area contributed by atoms with Gasteiger partial charge < -0.3 is 5.32 Å². The van der Waals surface area contributed by atoms with Crippen molar-refractivity contribution in [3.8, 4) is 0 Å². The van der Waals surface area contributed by atoms with Crippen molar-refractivity contribution in [3.63, 3.8) is 0 Å². The van der Waals surface area contributed by atoms with Gasteiger partial charge >= 0.3 is 0 Å². The number of carbonyl (C=O) groups excluding carboxylic acids is 1. The van der Waals surface area contributed by atoms with Gasteiger partial charge in [0.2, 0.25) is 0 Å². The lowest BCUT2D eigenvalue weighted by molar-refractivity contribution is 0.102. The highest BCUT2D eigenvalue weighted by Crippen LogP contribution is 2.15. The molecule has 2 heteroatoms. The van der Waals surface area contributed by atoms with Gasteiger partial charge in [0.25, 0.3) is 5.91 Å². The molecule has 0 fully saturated rings. The first kappa shape index (κ1) is 12.4. The zero-order valence-corrected chi connectivity index (χ0v) is 10.7. The molecule has 0 spiro atoms. The summed E-state index contributed by atoms with van der Waals surface area (Å²) in [6, 6.07) is 15.5. The fraction of sp³-hybridized carbons (Fsp3) is 0.188. The average Bonchev–Trinajstić information content (AvgIpc) is 2.41. The molecule has 0 aliphatic carbocycles. The number of amides is 1. The maximum absolute atomic E-state index is 12.1. The van der Waals surface area contributed by atoms with Crippen LogP contribution < -0.4 is 5.32 Å². The highest BCUT2D eigenvalue weighted by Gasteiger charge is 2.06. The summed E-state index contributed by atoms with van der Waals surface area (Å²) in [7, 11) is 0. The van der Waals surface area contributed by atoms with Gasteiger partial charge in [-0.25, -0.2) is 0 Å². The molecule has 0 saturated heterocycles. The van der Waals surface area contributed by atoms with Crippen LogP contribution >= 0.6 is 0 Å². The molecule has 2 nitrogen and oxygen atoms in total. The van der Waals surface area contributed by atoms with Crippen molar-refractivity contribution in [1.29, 1.82) is 0 Å². The minimum absolute atomic E-state index is 0.0630. The zero-order chi connectivity index (χ0) is 13.0. The zero-order valence-electron chi connectivity index (χ0n) is 10.7. The van der Waals surface area contributed by atoms with Crippen molar-refractivity contribution >= 4 is 11.6 Å². The second kappa shape index (κ2) is 5.50. The summed E-state index contributed by atoms with van der Waals surface area (Å²) in [5, 5.41) is 2.93. The number of anilines is 1. The molecule has 0 aliphatic rings. The van der Waals surface area contributed by atoms with E-state index in [1.165, 1.54) is 5.56 Å². The molecule has 0 bridgehead atoms. The van der Waals surface area contributed by atoms with Crippen LogP contribution in [0.2, 0.25) is 0 Å². The van der Waals surface area contributed by atoms with Gasteiger partial charge in [0.1, 0.15) is 0 Å². The Morgan fingerprint density at radius 2 is 1.72 bits per heavy atom. The third-order valence-corrected chi connectivity index (χ3v) is 3.02. The van der Waals surface area contributed by atoms with Crippen molar-refractivity contribution in [2.75, 3.05) is 5.32 Å². The lowest BCUT2D eigenvalue weighted by Crippen LogP contribution is -2.12. The Bertz CT molecular complexity index is 543. The van der Waals surface area contributed by atoms with Crippen LogP contribution in [-0.4, -0.2) is 5.91 Å². The molecule has 0 atom stereocenters. The predicted octanol–water partition coefficient (Wildman–Crippen LogP) is 3.81. The summed E-state index contributed by atoms with van der Waals surface area (Å²) in [6.45, 7) is 4.08. The van der Waals surface area contributed by atoms with E-state index in [1.54, 1.807) is 0 Å². The van der Waals surface area contributed by atoms with Gasteiger partial charge in [0, 0.05) is 11.3 Å². The van der Waals surface area contributed by atoms with Crippen LogP contribution in [0.25, 0.3) is 0 Å². The van der Waals surface area contributed by atoms with Crippen molar-refractivity contribution in [1.82, 2.24) is 0 Å². The van der Waals surface area contributed by atoms with Gasteiger partial charge in [-0.3, -0.25) is 4.79 Å². The van der Waals surface area contributed by atoms with Crippen LogP contribution in [0.4, 0.5) is 5.69 Å². The number of carbonyl (C=O) groups is 1. The average molecular weight is 239 g/mol. The standard InChI is InChI=1S/C16H17NO/c1-3-13-8-10-14(11-9-13)16(18)17-15-7-5-4-6-12(15)2/h4-11H,3H2,1-2H3,(H,17,18). The summed E-state index contributed by atoms with van der Waals surface area (Å²) in [5.41, 5.74) is 3.86. The van der Waals surface area contributed by atoms with E-state index in [2.05, 4.69) is 12.2 Å². The summed E-state index contributed by atoms with van der Waals surface area (Å²) in [6.07, 6.45) is 0.986. The molecule has 0 heterocycles. The van der Waals surface area contributed by atoms with Crippen LogP contribution in [0.15, 0.2) is 48.5 Å². The monoisotopic (exact) mass is 239 g/mol. The molecular formula is C16H17NO. The van der Waals surface area contributed by atoms with E-state index in [-0.39, 0.29) is 5.91 Å². The van der Waals surface area contributed by atoms with E-state index in [4.69, 9.17) is 0 Å². The van der Waals surface area contributed by atoms with Gasteiger partial charge in [-0.1, -0.05) is 37.3 Å². The van der Waals surface area contributed by atoms with E-state index >= 15 is 0 Å². The first-order valence-electron chi connectivity index (χ1n) is 6.16. The maximum Gasteiger partial charge on any atom is 0.255 e. The predicted molar refractivity (Wildman–Crippen MR) is 75.0 cm³/mol. The number of hydrogen-bond donors (Lipinski definition) is 1. The fourth-order valence-corrected chi connectivity index (χ4v) is 1.80. The van der Waals surface area contributed by atoms with Crippen LogP contribution in [0, 0.1) is 6.92 Å². The Labute approximate surface area is 108 Å². The molecule has 0 radical (unpaired) electrons. The molecule has 18 heavy (non-hydrogen) atoms. The largest absolute Gasteiger partial charge is 0.322 e. The van der Waals surface area contributed by atoms with Gasteiger partial charge in [-0.2, -0.15) is 0 Å². The molecule has 1 N–H and O–H groups in total. The second-order valence-corrected chi connectivity index (χ2v) is 4.32. The van der Waals surface area contributed by atoms with Crippen LogP contribution in [0.1, 0.15) is 28.4 Å². The first-order valence-corrected chi connectivity index (χ1v) is 6.16. The Morgan fingerprint density at radius 3 is 2.33 bits per heavy atom. The molecule has 0 aliphatic heterocycles. The SMILES string of the molecule is CCc1ccc(C(=O)Nc2ccccc2C)cc1. The number of rotatable bonds is 3. The number of hydrogen-bond acceptors (Lipinski definition) is 1. The first-order chi connectivity index (χ1) is 8.70. The third-order valence-electron chi connectivity index (χ3n) is 3.02. The highest BCUT2D eigenvalue weighted by molar-refractivity contribution is 6.04.